The number of carbonyl (C=O) groups excluding carboxylic acids is 2. The van der Waals surface area contributed by atoms with Crippen molar-refractivity contribution in [1.29, 1.82) is 0 Å². The smallest absolute Gasteiger partial charge is 0.252 e. The predicted octanol–water partition coefficient (Wildman–Crippen LogP) is 3.14. The molecule has 1 aromatic heterocycles. The van der Waals surface area contributed by atoms with Crippen LogP contribution in [0.4, 0.5) is 5.82 Å². The Kier molecular flexibility index (Phi) is 5.12. The van der Waals surface area contributed by atoms with E-state index in [1.165, 1.54) is 0 Å². The van der Waals surface area contributed by atoms with E-state index in [1.54, 1.807) is 30.5 Å². The van der Waals surface area contributed by atoms with Gasteiger partial charge in [-0.2, -0.15) is 5.10 Å². The molecule has 0 aliphatic carbocycles. The monoisotopic (exact) mass is 348 g/mol. The largest absolute Gasteiger partial charge is 0.336 e. The van der Waals surface area contributed by atoms with Crippen LogP contribution in [0, 0.1) is 13.8 Å². The van der Waals surface area contributed by atoms with Crippen LogP contribution in [-0.4, -0.2) is 22.0 Å². The Morgan fingerprint density at radius 2 is 1.81 bits per heavy atom. The van der Waals surface area contributed by atoms with E-state index in [0.29, 0.717) is 16.9 Å². The molecule has 6 nitrogen and oxygen atoms in total. The Morgan fingerprint density at radius 1 is 1.04 bits per heavy atom. The molecule has 0 aliphatic rings. The highest BCUT2D eigenvalue weighted by molar-refractivity contribution is 6.01. The van der Waals surface area contributed by atoms with Gasteiger partial charge in [0, 0.05) is 11.6 Å². The van der Waals surface area contributed by atoms with Gasteiger partial charge in [-0.3, -0.25) is 14.7 Å². The maximum Gasteiger partial charge on any atom is 0.252 e. The Hall–Kier alpha value is -3.41. The molecule has 0 bridgehead atoms. The molecule has 1 heterocycles. The van der Waals surface area contributed by atoms with Gasteiger partial charge < -0.3 is 10.6 Å². The molecule has 0 spiro atoms. The second-order valence-electron chi connectivity index (χ2n) is 6.10. The number of hydrogen-bond acceptors (Lipinski definition) is 3. The zero-order valence-corrected chi connectivity index (χ0v) is 14.6. The Morgan fingerprint density at radius 3 is 2.46 bits per heavy atom. The summed E-state index contributed by atoms with van der Waals surface area (Å²) in [7, 11) is 0. The summed E-state index contributed by atoms with van der Waals surface area (Å²) in [5.74, 6) is -0.175. The molecule has 1 unspecified atom stereocenters. The van der Waals surface area contributed by atoms with Crippen molar-refractivity contribution in [2.75, 3.05) is 5.32 Å². The lowest BCUT2D eigenvalue weighted by molar-refractivity contribution is -0.118. The lowest BCUT2D eigenvalue weighted by Crippen LogP contribution is -2.37. The minimum Gasteiger partial charge on any atom is -0.336 e. The predicted molar refractivity (Wildman–Crippen MR) is 99.8 cm³/mol. The topological polar surface area (TPSA) is 86.9 Å². The number of amides is 2. The van der Waals surface area contributed by atoms with Crippen molar-refractivity contribution in [2.24, 2.45) is 0 Å². The summed E-state index contributed by atoms with van der Waals surface area (Å²) < 4.78 is 0. The summed E-state index contributed by atoms with van der Waals surface area (Å²) in [6.07, 6.45) is 1.54. The normalized spacial score (nSPS) is 11.6. The summed E-state index contributed by atoms with van der Waals surface area (Å²) in [5.41, 5.74) is 3.19. The molecule has 3 aromatic rings. The minimum absolute atomic E-state index is 0.295. The number of benzene rings is 2. The number of nitrogens with zero attached hydrogens (tertiary/aromatic N) is 1. The van der Waals surface area contributed by atoms with Crippen LogP contribution in [0.3, 0.4) is 0 Å². The van der Waals surface area contributed by atoms with Gasteiger partial charge >= 0.3 is 0 Å². The highest BCUT2D eigenvalue weighted by Gasteiger charge is 2.24. The number of rotatable bonds is 5. The quantitative estimate of drug-likeness (QED) is 0.662. The summed E-state index contributed by atoms with van der Waals surface area (Å²) in [6.45, 7) is 3.85. The summed E-state index contributed by atoms with van der Waals surface area (Å²) in [4.78, 5) is 25.5. The van der Waals surface area contributed by atoms with Crippen LogP contribution < -0.4 is 10.6 Å². The average molecular weight is 348 g/mol. The SMILES string of the molecule is Cc1ccc(C(=O)NC(C(=O)Nc2ccn[nH]2)c2ccccc2)c(C)c1. The third kappa shape index (κ3) is 3.97. The van der Waals surface area contributed by atoms with E-state index in [4.69, 9.17) is 0 Å². The van der Waals surface area contributed by atoms with Crippen molar-refractivity contribution in [3.8, 4) is 0 Å². The van der Waals surface area contributed by atoms with Gasteiger partial charge in [0.25, 0.3) is 11.8 Å². The van der Waals surface area contributed by atoms with Crippen molar-refractivity contribution in [3.63, 3.8) is 0 Å². The number of H-pyrrole nitrogens is 1. The summed E-state index contributed by atoms with van der Waals surface area (Å²) in [5, 5.41) is 12.1. The van der Waals surface area contributed by atoms with Crippen molar-refractivity contribution < 1.29 is 9.59 Å². The Labute approximate surface area is 151 Å². The zero-order chi connectivity index (χ0) is 18.5. The standard InChI is InChI=1S/C20H20N4O2/c1-13-8-9-16(14(2)12-13)19(25)23-18(15-6-4-3-5-7-15)20(26)22-17-10-11-21-24-17/h3-12,18H,1-2H3,(H,23,25)(H2,21,22,24,26). The van der Waals surface area contributed by atoms with Gasteiger partial charge in [0.1, 0.15) is 11.9 Å². The molecule has 1 atom stereocenters. The first-order valence-corrected chi connectivity index (χ1v) is 8.28. The van der Waals surface area contributed by atoms with E-state index in [1.807, 2.05) is 44.2 Å². The molecule has 0 aliphatic heterocycles. The number of aryl methyl sites for hydroxylation is 2. The molecular formula is C20H20N4O2. The van der Waals surface area contributed by atoms with Crippen LogP contribution in [0.5, 0.6) is 0 Å². The van der Waals surface area contributed by atoms with Crippen LogP contribution in [-0.2, 0) is 4.79 Å². The van der Waals surface area contributed by atoms with Crippen molar-refractivity contribution in [1.82, 2.24) is 15.5 Å². The van der Waals surface area contributed by atoms with Crippen molar-refractivity contribution >= 4 is 17.6 Å². The molecule has 0 saturated carbocycles. The van der Waals surface area contributed by atoms with Gasteiger partial charge in [-0.1, -0.05) is 48.0 Å². The third-order valence-corrected chi connectivity index (χ3v) is 4.06. The summed E-state index contributed by atoms with van der Waals surface area (Å²) in [6, 6.07) is 15.5. The molecule has 0 radical (unpaired) electrons. The van der Waals surface area contributed by atoms with Crippen molar-refractivity contribution in [3.05, 3.63) is 83.0 Å². The fourth-order valence-electron chi connectivity index (χ4n) is 2.75. The highest BCUT2D eigenvalue weighted by atomic mass is 16.2. The van der Waals surface area contributed by atoms with Gasteiger partial charge in [-0.05, 0) is 31.0 Å². The molecule has 2 aromatic carbocycles. The van der Waals surface area contributed by atoms with E-state index in [2.05, 4.69) is 20.8 Å². The van der Waals surface area contributed by atoms with Gasteiger partial charge in [-0.25, -0.2) is 0 Å². The Bertz CT molecular complexity index is 905. The van der Waals surface area contributed by atoms with Gasteiger partial charge in [0.2, 0.25) is 0 Å². The zero-order valence-electron chi connectivity index (χ0n) is 14.6. The van der Waals surface area contributed by atoms with Crippen molar-refractivity contribution in [2.45, 2.75) is 19.9 Å². The first kappa shape index (κ1) is 17.4. The minimum atomic E-state index is -0.826. The number of aromatic nitrogens is 2. The van der Waals surface area contributed by atoms with Crippen LogP contribution in [0.25, 0.3) is 0 Å². The molecular weight excluding hydrogens is 328 g/mol. The highest BCUT2D eigenvalue weighted by Crippen LogP contribution is 2.17. The molecule has 3 N–H and O–H groups in total. The van der Waals surface area contributed by atoms with E-state index in [9.17, 15) is 9.59 Å². The molecule has 0 saturated heterocycles. The second-order valence-corrected chi connectivity index (χ2v) is 6.10. The van der Waals surface area contributed by atoms with E-state index >= 15 is 0 Å². The lowest BCUT2D eigenvalue weighted by Gasteiger charge is -2.19. The average Bonchev–Trinajstić information content (AvgIpc) is 3.13. The fourth-order valence-corrected chi connectivity index (χ4v) is 2.75. The Balaban J connectivity index is 1.86. The molecule has 3 rings (SSSR count). The first-order valence-electron chi connectivity index (χ1n) is 8.28. The molecule has 132 valence electrons. The van der Waals surface area contributed by atoms with Crippen LogP contribution in [0.15, 0.2) is 60.8 Å². The van der Waals surface area contributed by atoms with Gasteiger partial charge in [0.15, 0.2) is 0 Å². The lowest BCUT2D eigenvalue weighted by atomic mass is 10.0. The molecule has 2 amide bonds. The maximum absolute atomic E-state index is 12.8. The van der Waals surface area contributed by atoms with Crippen LogP contribution >= 0.6 is 0 Å². The third-order valence-electron chi connectivity index (χ3n) is 4.06. The number of aromatic amines is 1. The summed E-state index contributed by atoms with van der Waals surface area (Å²) >= 11 is 0. The molecule has 0 fully saturated rings. The van der Waals surface area contributed by atoms with Gasteiger partial charge in [0.05, 0.1) is 6.20 Å². The van der Waals surface area contributed by atoms with E-state index in [-0.39, 0.29) is 11.8 Å². The van der Waals surface area contributed by atoms with E-state index < -0.39 is 6.04 Å². The molecule has 26 heavy (non-hydrogen) atoms. The number of hydrogen-bond donors (Lipinski definition) is 3. The number of anilines is 1. The van der Waals surface area contributed by atoms with Gasteiger partial charge in [-0.15, -0.1) is 0 Å². The second kappa shape index (κ2) is 7.65. The first-order chi connectivity index (χ1) is 12.5. The fraction of sp³-hybridized carbons (Fsp3) is 0.150. The maximum atomic E-state index is 12.8. The van der Waals surface area contributed by atoms with Crippen LogP contribution in [0.2, 0.25) is 0 Å². The number of nitrogens with one attached hydrogen (secondary N) is 3. The number of carbonyl (C=O) groups is 2. The van der Waals surface area contributed by atoms with Crippen LogP contribution in [0.1, 0.15) is 33.1 Å². The van der Waals surface area contributed by atoms with E-state index in [0.717, 1.165) is 11.1 Å². The molecule has 6 heteroatoms.